The van der Waals surface area contributed by atoms with E-state index in [1.165, 1.54) is 22.5 Å². The van der Waals surface area contributed by atoms with Crippen molar-refractivity contribution >= 4 is 32.4 Å². The highest BCUT2D eigenvalue weighted by Gasteiger charge is 2.32. The largest absolute Gasteiger partial charge is 0.302 e. The van der Waals surface area contributed by atoms with Gasteiger partial charge in [-0.1, -0.05) is 0 Å². The summed E-state index contributed by atoms with van der Waals surface area (Å²) in [4.78, 5) is 16.8. The number of anilines is 1. The average molecular weight is 482 g/mol. The second-order valence-corrected chi connectivity index (χ2v) is 10.1. The molecule has 11 heteroatoms. The van der Waals surface area contributed by atoms with Gasteiger partial charge in [0.15, 0.2) is 5.13 Å². The summed E-state index contributed by atoms with van der Waals surface area (Å²) < 4.78 is 66.8. The summed E-state index contributed by atoms with van der Waals surface area (Å²) in [5.41, 5.74) is 0.408. The van der Waals surface area contributed by atoms with Crippen molar-refractivity contribution in [1.82, 2.24) is 9.29 Å². The second kappa shape index (κ2) is 9.00. The first-order valence-electron chi connectivity index (χ1n) is 9.71. The Morgan fingerprint density at radius 3 is 2.34 bits per heavy atom. The van der Waals surface area contributed by atoms with Gasteiger partial charge in [-0.15, -0.1) is 11.3 Å². The summed E-state index contributed by atoms with van der Waals surface area (Å²) in [7, 11) is -3.76. The molecule has 0 radical (unpaired) electrons. The van der Waals surface area contributed by atoms with Gasteiger partial charge in [-0.3, -0.25) is 4.79 Å². The fourth-order valence-electron chi connectivity index (χ4n) is 3.47. The van der Waals surface area contributed by atoms with Gasteiger partial charge in [0.05, 0.1) is 10.6 Å². The van der Waals surface area contributed by atoms with Gasteiger partial charge in [-0.2, -0.15) is 4.31 Å². The zero-order chi connectivity index (χ0) is 22.9. The molecule has 1 aromatic heterocycles. The smallest absolute Gasteiger partial charge is 0.243 e. The lowest BCUT2D eigenvalue weighted by atomic mass is 9.97. The number of benzene rings is 2. The van der Waals surface area contributed by atoms with E-state index in [0.29, 0.717) is 12.8 Å². The molecule has 1 fully saturated rings. The number of amides is 1. The number of thiazole rings is 1. The molecule has 1 saturated heterocycles. The van der Waals surface area contributed by atoms with Crippen molar-refractivity contribution in [2.75, 3.05) is 18.4 Å². The summed E-state index contributed by atoms with van der Waals surface area (Å²) in [5.74, 6) is -2.67. The molecule has 0 aliphatic carbocycles. The Hall–Kier alpha value is -2.76. The zero-order valence-corrected chi connectivity index (χ0v) is 18.2. The Balaban J connectivity index is 1.37. The van der Waals surface area contributed by atoms with E-state index in [9.17, 15) is 26.4 Å². The van der Waals surface area contributed by atoms with Gasteiger partial charge >= 0.3 is 0 Å². The Morgan fingerprint density at radius 2 is 1.69 bits per heavy atom. The second-order valence-electron chi connectivity index (χ2n) is 7.28. The van der Waals surface area contributed by atoms with Crippen molar-refractivity contribution < 1.29 is 26.4 Å². The summed E-state index contributed by atoms with van der Waals surface area (Å²) in [6.45, 7) is 0.309. The van der Waals surface area contributed by atoms with Gasteiger partial charge in [-0.05, 0) is 49.2 Å². The molecule has 3 aromatic rings. The van der Waals surface area contributed by atoms with Crippen LogP contribution >= 0.6 is 11.3 Å². The van der Waals surface area contributed by atoms with Gasteiger partial charge < -0.3 is 5.32 Å². The van der Waals surface area contributed by atoms with E-state index in [2.05, 4.69) is 10.3 Å². The molecular weight excluding hydrogens is 463 g/mol. The average Bonchev–Trinajstić information content (AvgIpc) is 3.22. The summed E-state index contributed by atoms with van der Waals surface area (Å²) in [6, 6.07) is 7.79. The van der Waals surface area contributed by atoms with Crippen molar-refractivity contribution in [3.63, 3.8) is 0 Å². The van der Waals surface area contributed by atoms with Crippen LogP contribution in [0.4, 0.5) is 18.3 Å². The van der Waals surface area contributed by atoms with Crippen LogP contribution in [0.1, 0.15) is 12.8 Å². The molecule has 4 rings (SSSR count). The lowest BCUT2D eigenvalue weighted by molar-refractivity contribution is -0.120. The Labute approximate surface area is 186 Å². The van der Waals surface area contributed by atoms with Crippen LogP contribution in [0.3, 0.4) is 0 Å². The van der Waals surface area contributed by atoms with Gasteiger partial charge in [0.25, 0.3) is 0 Å². The Bertz CT molecular complexity index is 1240. The molecule has 0 saturated carbocycles. The predicted octanol–water partition coefficient (Wildman–Crippen LogP) is 4.27. The Morgan fingerprint density at radius 1 is 1.03 bits per heavy atom. The van der Waals surface area contributed by atoms with E-state index < -0.39 is 33.4 Å². The molecule has 2 aromatic carbocycles. The summed E-state index contributed by atoms with van der Waals surface area (Å²) in [5, 5.41) is 4.52. The third kappa shape index (κ3) is 4.69. The first-order chi connectivity index (χ1) is 15.2. The fourth-order valence-corrected chi connectivity index (χ4v) is 5.66. The molecule has 1 amide bonds. The number of nitrogens with zero attached hydrogens (tertiary/aromatic N) is 2. The standard InChI is InChI=1S/C21H18F3N3O3S2/c22-14-1-4-16(5-2-14)32(29,30)27-9-7-13(8-10-27)20(28)26-21-25-19(12-31-21)17-6-3-15(23)11-18(17)24/h1-6,11-13H,7-10H2,(H,25,26,28). The number of sulfonamides is 1. The van der Waals surface area contributed by atoms with E-state index in [-0.39, 0.29) is 40.3 Å². The van der Waals surface area contributed by atoms with E-state index in [1.54, 1.807) is 5.38 Å². The van der Waals surface area contributed by atoms with E-state index in [1.807, 2.05) is 0 Å². The number of nitrogens with one attached hydrogen (secondary N) is 1. The molecule has 1 aliphatic heterocycles. The topological polar surface area (TPSA) is 79.4 Å². The van der Waals surface area contributed by atoms with E-state index >= 15 is 0 Å². The van der Waals surface area contributed by atoms with Crippen LogP contribution < -0.4 is 5.32 Å². The van der Waals surface area contributed by atoms with Gasteiger partial charge in [0, 0.05) is 36.0 Å². The lowest BCUT2D eigenvalue weighted by Crippen LogP contribution is -2.41. The first-order valence-corrected chi connectivity index (χ1v) is 12.0. The maximum atomic E-state index is 13.9. The van der Waals surface area contributed by atoms with Crippen LogP contribution in [0.5, 0.6) is 0 Å². The van der Waals surface area contributed by atoms with Crippen LogP contribution in [0, 0.1) is 23.4 Å². The van der Waals surface area contributed by atoms with Gasteiger partial charge in [0.2, 0.25) is 15.9 Å². The molecule has 1 aliphatic rings. The van der Waals surface area contributed by atoms with Crippen LogP contribution in [-0.2, 0) is 14.8 Å². The fraction of sp³-hybridized carbons (Fsp3) is 0.238. The Kier molecular flexibility index (Phi) is 6.31. The number of piperidine rings is 1. The minimum atomic E-state index is -3.76. The molecule has 2 heterocycles. The van der Waals surface area contributed by atoms with Crippen LogP contribution in [0.15, 0.2) is 52.7 Å². The summed E-state index contributed by atoms with van der Waals surface area (Å²) >= 11 is 1.11. The number of hydrogen-bond acceptors (Lipinski definition) is 5. The number of carbonyl (C=O) groups is 1. The first kappa shape index (κ1) is 22.4. The number of hydrogen-bond donors (Lipinski definition) is 1. The number of carbonyl (C=O) groups excluding carboxylic acids is 1. The van der Waals surface area contributed by atoms with Crippen LogP contribution in [-0.4, -0.2) is 36.7 Å². The number of rotatable bonds is 5. The molecule has 0 unspecified atom stereocenters. The third-order valence-corrected chi connectivity index (χ3v) is 7.89. The molecule has 32 heavy (non-hydrogen) atoms. The van der Waals surface area contributed by atoms with E-state index in [4.69, 9.17) is 0 Å². The highest BCUT2D eigenvalue weighted by Crippen LogP contribution is 2.29. The molecule has 6 nitrogen and oxygen atoms in total. The maximum absolute atomic E-state index is 13.9. The molecule has 0 bridgehead atoms. The van der Waals surface area contributed by atoms with Crippen molar-refractivity contribution in [1.29, 1.82) is 0 Å². The minimum Gasteiger partial charge on any atom is -0.302 e. The SMILES string of the molecule is O=C(Nc1nc(-c2ccc(F)cc2F)cs1)C1CCN(S(=O)(=O)c2ccc(F)cc2)CC1. The van der Waals surface area contributed by atoms with Gasteiger partial charge in [0.1, 0.15) is 17.5 Å². The van der Waals surface area contributed by atoms with Crippen molar-refractivity contribution in [3.05, 3.63) is 65.3 Å². The highest BCUT2D eigenvalue weighted by atomic mass is 32.2. The zero-order valence-electron chi connectivity index (χ0n) is 16.6. The third-order valence-electron chi connectivity index (χ3n) is 5.22. The monoisotopic (exact) mass is 481 g/mol. The number of aromatic nitrogens is 1. The lowest BCUT2D eigenvalue weighted by Gasteiger charge is -2.30. The maximum Gasteiger partial charge on any atom is 0.243 e. The minimum absolute atomic E-state index is 0.00476. The van der Waals surface area contributed by atoms with Crippen LogP contribution in [0.25, 0.3) is 11.3 Å². The molecule has 0 atom stereocenters. The van der Waals surface area contributed by atoms with E-state index in [0.717, 1.165) is 35.6 Å². The van der Waals surface area contributed by atoms with Crippen LogP contribution in [0.2, 0.25) is 0 Å². The van der Waals surface area contributed by atoms with Gasteiger partial charge in [-0.25, -0.2) is 26.6 Å². The molecule has 0 spiro atoms. The summed E-state index contributed by atoms with van der Waals surface area (Å²) in [6.07, 6.45) is 0.633. The number of halogens is 3. The molecule has 168 valence electrons. The van der Waals surface area contributed by atoms with Crippen molar-refractivity contribution in [2.45, 2.75) is 17.7 Å². The van der Waals surface area contributed by atoms with Crippen molar-refractivity contribution in [2.24, 2.45) is 5.92 Å². The quantitative estimate of drug-likeness (QED) is 0.591. The molecule has 1 N–H and O–H groups in total. The van der Waals surface area contributed by atoms with Crippen molar-refractivity contribution in [3.8, 4) is 11.3 Å². The highest BCUT2D eigenvalue weighted by molar-refractivity contribution is 7.89. The molecular formula is C21H18F3N3O3S2. The normalized spacial score (nSPS) is 15.6. The predicted molar refractivity (Wildman–Crippen MR) is 114 cm³/mol.